The average Bonchev–Trinajstić information content (AvgIpc) is 2.75. The van der Waals surface area contributed by atoms with E-state index < -0.39 is 0 Å². The van der Waals surface area contributed by atoms with Crippen LogP contribution < -0.4 is 0 Å². The Morgan fingerprint density at radius 2 is 1.30 bits per heavy atom. The van der Waals surface area contributed by atoms with Gasteiger partial charge in [0.25, 0.3) is 0 Å². The fourth-order valence-corrected chi connectivity index (χ4v) is 4.04. The number of hydrogen-bond donors (Lipinski definition) is 0. The van der Waals surface area contributed by atoms with E-state index in [1.165, 1.54) is 11.1 Å². The number of nitrogens with zero attached hydrogens (tertiary/aromatic N) is 1. The molecule has 1 aliphatic heterocycles. The average molecular weight is 368 g/mol. The van der Waals surface area contributed by atoms with Gasteiger partial charge in [-0.2, -0.15) is 5.06 Å². The molecule has 0 radical (unpaired) electrons. The zero-order valence-electron chi connectivity index (χ0n) is 17.7. The second kappa shape index (κ2) is 7.05. The van der Waals surface area contributed by atoms with E-state index >= 15 is 0 Å². The van der Waals surface area contributed by atoms with E-state index in [-0.39, 0.29) is 22.8 Å². The van der Waals surface area contributed by atoms with Gasteiger partial charge in [0, 0.05) is 0 Å². The molecule has 0 spiro atoms. The van der Waals surface area contributed by atoms with Crippen molar-refractivity contribution in [2.45, 2.75) is 71.2 Å². The van der Waals surface area contributed by atoms with Crippen LogP contribution in [0.5, 0.6) is 0 Å². The molecule has 3 heteroatoms. The third-order valence-electron chi connectivity index (χ3n) is 5.33. The molecule has 1 atom stereocenters. The summed E-state index contributed by atoms with van der Waals surface area (Å²) in [5, 5.41) is 2.16. The third kappa shape index (κ3) is 3.96. The summed E-state index contributed by atoms with van der Waals surface area (Å²) in [4.78, 5) is 6.71. The van der Waals surface area contributed by atoms with Gasteiger partial charge >= 0.3 is 0 Å². The normalized spacial score (nSPS) is 19.7. The van der Waals surface area contributed by atoms with E-state index in [1.54, 1.807) is 0 Å². The highest BCUT2D eigenvalue weighted by Crippen LogP contribution is 2.50. The van der Waals surface area contributed by atoms with Crippen LogP contribution in [0.25, 0.3) is 0 Å². The predicted octanol–water partition coefficient (Wildman–Crippen LogP) is 5.96. The molecule has 3 nitrogen and oxygen atoms in total. The summed E-state index contributed by atoms with van der Waals surface area (Å²) >= 11 is 0. The smallest absolute Gasteiger partial charge is 0.128 e. The molecule has 3 rings (SSSR count). The number of fused-ring (bicyclic) bond motifs is 1. The maximum atomic E-state index is 6.71. The van der Waals surface area contributed by atoms with Crippen molar-refractivity contribution in [3.8, 4) is 0 Å². The number of hydrogen-bond acceptors (Lipinski definition) is 3. The standard InChI is InChI=1S/C24H33NO2/c1-22(2,3)26-17-21(18-13-9-8-10-14-18)27-25-23(4,5)19-15-11-12-16-20(19)24(25,6)7/h8-16,21H,17H2,1-7H3. The van der Waals surface area contributed by atoms with Crippen LogP contribution in [0.3, 0.4) is 0 Å². The highest BCUT2D eigenvalue weighted by molar-refractivity contribution is 5.42. The molecular formula is C24H33NO2. The van der Waals surface area contributed by atoms with E-state index in [0.29, 0.717) is 6.61 Å². The van der Waals surface area contributed by atoms with E-state index in [0.717, 1.165) is 5.56 Å². The van der Waals surface area contributed by atoms with Crippen LogP contribution in [0.15, 0.2) is 54.6 Å². The van der Waals surface area contributed by atoms with Gasteiger partial charge in [-0.05, 0) is 65.2 Å². The van der Waals surface area contributed by atoms with Gasteiger partial charge in [0.1, 0.15) is 6.10 Å². The van der Waals surface area contributed by atoms with Crippen molar-refractivity contribution in [1.29, 1.82) is 0 Å². The van der Waals surface area contributed by atoms with Gasteiger partial charge in [-0.1, -0.05) is 54.6 Å². The minimum Gasteiger partial charge on any atom is -0.373 e. The topological polar surface area (TPSA) is 21.7 Å². The lowest BCUT2D eigenvalue weighted by molar-refractivity contribution is -0.300. The lowest BCUT2D eigenvalue weighted by Gasteiger charge is -2.42. The second-order valence-corrected chi connectivity index (χ2v) is 9.39. The molecule has 0 amide bonds. The van der Waals surface area contributed by atoms with Crippen molar-refractivity contribution in [2.75, 3.05) is 6.61 Å². The highest BCUT2D eigenvalue weighted by Gasteiger charge is 2.51. The van der Waals surface area contributed by atoms with Gasteiger partial charge in [0.2, 0.25) is 0 Å². The predicted molar refractivity (Wildman–Crippen MR) is 110 cm³/mol. The molecule has 0 N–H and O–H groups in total. The first-order valence-electron chi connectivity index (χ1n) is 9.79. The number of benzene rings is 2. The van der Waals surface area contributed by atoms with E-state index in [9.17, 15) is 0 Å². The Balaban J connectivity index is 1.93. The maximum Gasteiger partial charge on any atom is 0.128 e. The quantitative estimate of drug-likeness (QED) is 0.651. The zero-order valence-corrected chi connectivity index (χ0v) is 17.7. The maximum absolute atomic E-state index is 6.71. The number of rotatable bonds is 5. The first kappa shape index (κ1) is 20.1. The van der Waals surface area contributed by atoms with Crippen LogP contribution in [0.2, 0.25) is 0 Å². The Kier molecular flexibility index (Phi) is 5.24. The van der Waals surface area contributed by atoms with Gasteiger partial charge in [-0.3, -0.25) is 4.84 Å². The Bertz CT molecular complexity index is 739. The van der Waals surface area contributed by atoms with Crippen LogP contribution in [-0.2, 0) is 20.7 Å². The van der Waals surface area contributed by atoms with Crippen molar-refractivity contribution in [2.24, 2.45) is 0 Å². The lowest BCUT2D eigenvalue weighted by atomic mass is 9.91. The van der Waals surface area contributed by atoms with Crippen LogP contribution >= 0.6 is 0 Å². The summed E-state index contributed by atoms with van der Waals surface area (Å²) in [6.45, 7) is 15.7. The van der Waals surface area contributed by atoms with E-state index in [1.807, 2.05) is 6.07 Å². The van der Waals surface area contributed by atoms with Crippen molar-refractivity contribution in [3.63, 3.8) is 0 Å². The summed E-state index contributed by atoms with van der Waals surface area (Å²) in [6.07, 6.45) is -0.168. The largest absolute Gasteiger partial charge is 0.373 e. The van der Waals surface area contributed by atoms with Crippen molar-refractivity contribution < 1.29 is 9.57 Å². The SMILES string of the molecule is CC(C)(C)OCC(ON1C(C)(C)c2ccccc2C1(C)C)c1ccccc1. The molecule has 1 aliphatic rings. The van der Waals surface area contributed by atoms with Crippen LogP contribution in [0, 0.1) is 0 Å². The third-order valence-corrected chi connectivity index (χ3v) is 5.33. The summed E-state index contributed by atoms with van der Waals surface area (Å²) < 4.78 is 6.12. The molecule has 27 heavy (non-hydrogen) atoms. The van der Waals surface area contributed by atoms with Crippen molar-refractivity contribution in [3.05, 3.63) is 71.3 Å². The van der Waals surface area contributed by atoms with Crippen molar-refractivity contribution in [1.82, 2.24) is 5.06 Å². The summed E-state index contributed by atoms with van der Waals surface area (Å²) in [6, 6.07) is 19.0. The Morgan fingerprint density at radius 1 is 0.815 bits per heavy atom. The van der Waals surface area contributed by atoms with Gasteiger partial charge < -0.3 is 4.74 Å². The monoisotopic (exact) mass is 367 g/mol. The van der Waals surface area contributed by atoms with E-state index in [4.69, 9.17) is 9.57 Å². The van der Waals surface area contributed by atoms with Crippen LogP contribution in [0.4, 0.5) is 0 Å². The summed E-state index contributed by atoms with van der Waals surface area (Å²) in [5.41, 5.74) is 3.10. The van der Waals surface area contributed by atoms with Crippen molar-refractivity contribution >= 4 is 0 Å². The molecule has 0 fully saturated rings. The molecule has 146 valence electrons. The van der Waals surface area contributed by atoms with Gasteiger partial charge in [0.05, 0.1) is 23.3 Å². The molecule has 0 aliphatic carbocycles. The molecule has 1 heterocycles. The first-order valence-corrected chi connectivity index (χ1v) is 9.79. The zero-order chi connectivity index (χ0) is 19.9. The molecule has 0 aromatic heterocycles. The molecule has 0 saturated carbocycles. The number of hydroxylamine groups is 2. The van der Waals surface area contributed by atoms with Crippen LogP contribution in [-0.4, -0.2) is 17.3 Å². The first-order chi connectivity index (χ1) is 12.5. The second-order valence-electron chi connectivity index (χ2n) is 9.39. The minimum absolute atomic E-state index is 0.168. The molecule has 2 aromatic rings. The highest BCUT2D eigenvalue weighted by atomic mass is 16.7. The fourth-order valence-electron chi connectivity index (χ4n) is 4.04. The van der Waals surface area contributed by atoms with E-state index in [2.05, 4.69) is 102 Å². The van der Waals surface area contributed by atoms with Gasteiger partial charge in [0.15, 0.2) is 0 Å². The Morgan fingerprint density at radius 3 is 1.78 bits per heavy atom. The Labute approximate surface area is 164 Å². The summed E-state index contributed by atoms with van der Waals surface area (Å²) in [5.74, 6) is 0. The van der Waals surface area contributed by atoms with Gasteiger partial charge in [-0.15, -0.1) is 0 Å². The molecule has 2 aromatic carbocycles. The molecule has 0 bridgehead atoms. The lowest BCUT2D eigenvalue weighted by Crippen LogP contribution is -2.46. The molecule has 1 unspecified atom stereocenters. The fraction of sp³-hybridized carbons (Fsp3) is 0.500. The van der Waals surface area contributed by atoms with Crippen LogP contribution in [0.1, 0.15) is 71.3 Å². The van der Waals surface area contributed by atoms with Gasteiger partial charge in [-0.25, -0.2) is 0 Å². The molecular weight excluding hydrogens is 334 g/mol. The molecule has 0 saturated heterocycles. The number of ether oxygens (including phenoxy) is 1. The Hall–Kier alpha value is -1.68. The minimum atomic E-state index is -0.227. The summed E-state index contributed by atoms with van der Waals surface area (Å²) in [7, 11) is 0.